The fourth-order valence-corrected chi connectivity index (χ4v) is 10.7. The van der Waals surface area contributed by atoms with Crippen molar-refractivity contribution in [2.75, 3.05) is 11.5 Å². The van der Waals surface area contributed by atoms with Crippen molar-refractivity contribution in [1.29, 1.82) is 0 Å². The Morgan fingerprint density at radius 1 is 0.472 bits per heavy atom. The predicted molar refractivity (Wildman–Crippen MR) is 235 cm³/mol. The lowest BCUT2D eigenvalue weighted by Gasteiger charge is -2.34. The Morgan fingerprint density at radius 2 is 0.755 bits per heavy atom. The molecule has 0 heterocycles. The van der Waals surface area contributed by atoms with Crippen LogP contribution in [0.5, 0.6) is 11.5 Å². The van der Waals surface area contributed by atoms with Crippen LogP contribution in [0.1, 0.15) is 231 Å². The van der Waals surface area contributed by atoms with E-state index in [1.54, 1.807) is 0 Å². The molecular weight excluding hydrogens is 665 g/mol. The van der Waals surface area contributed by atoms with E-state index in [0.29, 0.717) is 23.3 Å². The number of hydrogen-bond donors (Lipinski definition) is 2. The van der Waals surface area contributed by atoms with Crippen LogP contribution in [0.15, 0.2) is 24.3 Å². The van der Waals surface area contributed by atoms with Crippen LogP contribution in [0, 0.1) is 11.8 Å². The Kier molecular flexibility index (Phi) is 15.4. The first-order valence-corrected chi connectivity index (χ1v) is 23.2. The summed E-state index contributed by atoms with van der Waals surface area (Å²) in [4.78, 5) is 0. The van der Waals surface area contributed by atoms with Gasteiger partial charge in [0.25, 0.3) is 0 Å². The lowest BCUT2D eigenvalue weighted by atomic mass is 9.71. The molecule has 3 heteroatoms. The second-order valence-corrected chi connectivity index (χ2v) is 22.8. The highest BCUT2D eigenvalue weighted by molar-refractivity contribution is 7.99. The van der Waals surface area contributed by atoms with E-state index < -0.39 is 0 Å². The summed E-state index contributed by atoms with van der Waals surface area (Å²) >= 11 is 2.18. The number of unbranched alkanes of at least 4 members (excludes halogenated alkanes) is 2. The Bertz CT molecular complexity index is 1250. The number of phenolic OH excluding ortho intramolecular Hbond substituents is 2. The molecule has 4 rings (SSSR count). The zero-order valence-electron chi connectivity index (χ0n) is 36.6. The maximum atomic E-state index is 11.4. The van der Waals surface area contributed by atoms with Crippen LogP contribution in [-0.2, 0) is 21.7 Å². The summed E-state index contributed by atoms with van der Waals surface area (Å²) in [5.74, 6) is 6.30. The molecule has 0 aliphatic heterocycles. The van der Waals surface area contributed by atoms with Crippen molar-refractivity contribution >= 4 is 11.8 Å². The summed E-state index contributed by atoms with van der Waals surface area (Å²) in [5.41, 5.74) is 7.13. The number of thioether (sulfide) groups is 1. The molecule has 2 fully saturated rings. The average Bonchev–Trinajstić information content (AvgIpc) is 3.06. The monoisotopic (exact) mass is 747 g/mol. The molecule has 2 atom stereocenters. The van der Waals surface area contributed by atoms with Crippen molar-refractivity contribution in [3.05, 3.63) is 57.6 Å². The van der Waals surface area contributed by atoms with Crippen LogP contribution in [0.3, 0.4) is 0 Å². The van der Waals surface area contributed by atoms with E-state index in [4.69, 9.17) is 0 Å². The third-order valence-corrected chi connectivity index (χ3v) is 14.1. The summed E-state index contributed by atoms with van der Waals surface area (Å²) in [6.45, 7) is 27.0. The summed E-state index contributed by atoms with van der Waals surface area (Å²) in [6.07, 6.45) is 21.4. The van der Waals surface area contributed by atoms with Crippen molar-refractivity contribution in [1.82, 2.24) is 0 Å². The van der Waals surface area contributed by atoms with E-state index >= 15 is 0 Å². The Balaban J connectivity index is 1.37. The lowest BCUT2D eigenvalue weighted by Crippen LogP contribution is -2.21. The molecule has 300 valence electrons. The Morgan fingerprint density at radius 3 is 1.02 bits per heavy atom. The zero-order chi connectivity index (χ0) is 39.2. The molecule has 0 aromatic heterocycles. The van der Waals surface area contributed by atoms with Gasteiger partial charge in [-0.3, -0.25) is 0 Å². The van der Waals surface area contributed by atoms with Crippen molar-refractivity contribution in [2.24, 2.45) is 11.8 Å². The minimum atomic E-state index is -0.0843. The highest BCUT2D eigenvalue weighted by atomic mass is 32.2. The van der Waals surface area contributed by atoms with Gasteiger partial charge in [0.2, 0.25) is 0 Å². The van der Waals surface area contributed by atoms with Gasteiger partial charge in [-0.05, 0) is 142 Å². The second-order valence-electron chi connectivity index (χ2n) is 21.5. The van der Waals surface area contributed by atoms with Gasteiger partial charge in [0.15, 0.2) is 0 Å². The zero-order valence-corrected chi connectivity index (χ0v) is 37.5. The molecule has 0 saturated heterocycles. The first-order chi connectivity index (χ1) is 24.7. The summed E-state index contributed by atoms with van der Waals surface area (Å²) < 4.78 is 0. The van der Waals surface area contributed by atoms with Gasteiger partial charge in [0.1, 0.15) is 11.5 Å². The van der Waals surface area contributed by atoms with Crippen LogP contribution in [0.4, 0.5) is 0 Å². The fraction of sp³-hybridized carbons (Fsp3) is 0.760. The standard InChI is InChI=1S/C50H82O2S/c1-47(2,3)41-31-37(32-42(45(41)51)48(4,5)6)39(35-23-15-13-16-24-35)27-19-21-29-53-30-22-20-28-40(36-25-17-14-18-26-36)38-33-43(49(7,8)9)46(52)44(34-38)50(10,11)12/h31-36,39-40,51-52H,13-30H2,1-12H3. The van der Waals surface area contributed by atoms with E-state index in [2.05, 4.69) is 119 Å². The van der Waals surface area contributed by atoms with E-state index in [1.807, 2.05) is 0 Å². The number of rotatable bonds is 14. The van der Waals surface area contributed by atoms with Crippen molar-refractivity contribution in [3.63, 3.8) is 0 Å². The fourth-order valence-electron chi connectivity index (χ4n) is 9.69. The maximum absolute atomic E-state index is 11.4. The molecule has 53 heavy (non-hydrogen) atoms. The number of hydrogen-bond acceptors (Lipinski definition) is 3. The maximum Gasteiger partial charge on any atom is 0.123 e. The first kappa shape index (κ1) is 44.1. The predicted octanol–water partition coefficient (Wildman–Crippen LogP) is 15.4. The smallest absolute Gasteiger partial charge is 0.123 e. The van der Waals surface area contributed by atoms with Crippen LogP contribution in [-0.4, -0.2) is 21.7 Å². The SMILES string of the molecule is CC(C)(C)c1cc(C(CCCCSCCCCC(c2cc(C(C)(C)C)c(O)c(C(C)(C)C)c2)C2CCCCC2)C2CCCCC2)cc(C(C)(C)C)c1O. The lowest BCUT2D eigenvalue weighted by molar-refractivity contribution is 0.289. The van der Waals surface area contributed by atoms with E-state index in [-0.39, 0.29) is 21.7 Å². The van der Waals surface area contributed by atoms with Gasteiger partial charge in [-0.2, -0.15) is 11.8 Å². The highest BCUT2D eigenvalue weighted by Gasteiger charge is 2.33. The third-order valence-electron chi connectivity index (χ3n) is 12.9. The third kappa shape index (κ3) is 12.2. The van der Waals surface area contributed by atoms with Gasteiger partial charge in [0, 0.05) is 0 Å². The van der Waals surface area contributed by atoms with Gasteiger partial charge in [-0.25, -0.2) is 0 Å². The molecule has 2 saturated carbocycles. The quantitative estimate of drug-likeness (QED) is 0.189. The molecule has 2 unspecified atom stereocenters. The van der Waals surface area contributed by atoms with Crippen molar-refractivity contribution in [2.45, 2.75) is 219 Å². The summed E-state index contributed by atoms with van der Waals surface area (Å²) in [6, 6.07) is 9.58. The molecule has 2 nitrogen and oxygen atoms in total. The highest BCUT2D eigenvalue weighted by Crippen LogP contribution is 2.47. The number of benzene rings is 2. The van der Waals surface area contributed by atoms with E-state index in [9.17, 15) is 10.2 Å². The molecule has 2 aliphatic rings. The second kappa shape index (κ2) is 18.6. The summed E-state index contributed by atoms with van der Waals surface area (Å²) in [5, 5.41) is 22.9. The Hall–Kier alpha value is -1.61. The first-order valence-electron chi connectivity index (χ1n) is 22.0. The molecule has 0 bridgehead atoms. The van der Waals surface area contributed by atoms with E-state index in [0.717, 1.165) is 34.1 Å². The number of aromatic hydroxyl groups is 2. The minimum absolute atomic E-state index is 0.0843. The van der Waals surface area contributed by atoms with Crippen molar-refractivity contribution in [3.8, 4) is 11.5 Å². The van der Waals surface area contributed by atoms with Crippen LogP contribution >= 0.6 is 11.8 Å². The normalized spacial score (nSPS) is 18.3. The molecule has 2 aromatic carbocycles. The molecule has 2 aromatic rings. The van der Waals surface area contributed by atoms with Gasteiger partial charge < -0.3 is 10.2 Å². The molecule has 0 radical (unpaired) electrons. The molecule has 2 N–H and O–H groups in total. The van der Waals surface area contributed by atoms with Crippen LogP contribution < -0.4 is 0 Å². The molecule has 2 aliphatic carbocycles. The van der Waals surface area contributed by atoms with Crippen LogP contribution in [0.25, 0.3) is 0 Å². The van der Waals surface area contributed by atoms with Gasteiger partial charge >= 0.3 is 0 Å². The van der Waals surface area contributed by atoms with Gasteiger partial charge in [-0.15, -0.1) is 0 Å². The summed E-state index contributed by atoms with van der Waals surface area (Å²) in [7, 11) is 0. The molecule has 0 spiro atoms. The van der Waals surface area contributed by atoms with Gasteiger partial charge in [-0.1, -0.05) is 159 Å². The average molecular weight is 747 g/mol. The van der Waals surface area contributed by atoms with Crippen molar-refractivity contribution < 1.29 is 10.2 Å². The van der Waals surface area contributed by atoms with Crippen LogP contribution in [0.2, 0.25) is 0 Å². The number of phenols is 2. The Labute approximate surface area is 332 Å². The van der Waals surface area contributed by atoms with E-state index in [1.165, 1.54) is 125 Å². The topological polar surface area (TPSA) is 40.5 Å². The van der Waals surface area contributed by atoms with Gasteiger partial charge in [0.05, 0.1) is 0 Å². The largest absolute Gasteiger partial charge is 0.507 e. The minimum Gasteiger partial charge on any atom is -0.507 e. The molecule has 0 amide bonds. The molecular formula is C50H82O2S.